The Morgan fingerprint density at radius 3 is 1.45 bits per heavy atom. The van der Waals surface area contributed by atoms with Crippen molar-refractivity contribution >= 4 is 75.1 Å². The number of halogens is 3. The third-order valence-electron chi connectivity index (χ3n) is 18.4. The fourth-order valence-corrected chi connectivity index (χ4v) is 13.3. The Kier molecular flexibility index (Phi) is 25.6. The lowest BCUT2D eigenvalue weighted by molar-refractivity contribution is -0.162. The Hall–Kier alpha value is -12.7. The van der Waals surface area contributed by atoms with Crippen molar-refractivity contribution in [3.8, 4) is 79.3 Å². The van der Waals surface area contributed by atoms with Gasteiger partial charge in [-0.1, -0.05) is 32.0 Å². The SMILES string of the molecule is CCOC(=O)Nc1nc2c(-c3ccccn3)cc(-c3cnc(OC4CCCN(CC(C)C)C4)nc3)cc2[nH]1.CCOC(=O)Nc1nc2c(-c3ccccn3)cc(-c3cnc(OC4CCCNC4)nc3)cc2[nH]1.CCOC(=O)Nc1nc2c(-c3ncccn3)cc(-c3ccc(CN4CCN(C(=O)CC(F)(F)F)CC4)nc3)cc2[nH]1. The number of nitrogens with zero attached hydrogens (tertiary/aromatic N) is 15. The number of rotatable bonds is 21. The smallest absolute Gasteiger partial charge is 0.413 e. The van der Waals surface area contributed by atoms with Crippen molar-refractivity contribution in [2.45, 2.75) is 91.7 Å². The first-order valence-electron chi connectivity index (χ1n) is 37.3. The predicted molar refractivity (Wildman–Crippen MR) is 417 cm³/mol. The van der Waals surface area contributed by atoms with Crippen LogP contribution in [-0.4, -0.2) is 211 Å². The first-order valence-corrected chi connectivity index (χ1v) is 37.3. The second kappa shape index (κ2) is 36.9. The molecule has 12 aromatic rings. The minimum absolute atomic E-state index is 0.0852. The van der Waals surface area contributed by atoms with Crippen LogP contribution >= 0.6 is 0 Å². The molecule has 0 saturated carbocycles. The van der Waals surface area contributed by atoms with Gasteiger partial charge in [0.15, 0.2) is 5.82 Å². The molecule has 586 valence electrons. The fourth-order valence-electron chi connectivity index (χ4n) is 13.3. The molecule has 15 rings (SSSR count). The van der Waals surface area contributed by atoms with Gasteiger partial charge < -0.3 is 48.9 Å². The maximum atomic E-state index is 12.5. The zero-order valence-electron chi connectivity index (χ0n) is 62.8. The molecule has 3 aliphatic rings. The quantitative estimate of drug-likeness (QED) is 0.0329. The largest absolute Gasteiger partial charge is 0.459 e. The van der Waals surface area contributed by atoms with Crippen molar-refractivity contribution in [2.24, 2.45) is 5.92 Å². The molecular formula is C79H85F3N22O9. The number of pyridine rings is 3. The Labute approximate surface area is 647 Å². The molecule has 7 N–H and O–H groups in total. The van der Waals surface area contributed by atoms with Gasteiger partial charge in [0.05, 0.1) is 64.5 Å². The molecule has 9 aromatic heterocycles. The van der Waals surface area contributed by atoms with Crippen LogP contribution in [0.2, 0.25) is 0 Å². The summed E-state index contributed by atoms with van der Waals surface area (Å²) >= 11 is 0. The zero-order valence-corrected chi connectivity index (χ0v) is 62.8. The first-order chi connectivity index (χ1) is 54.8. The number of H-pyrrole nitrogens is 3. The summed E-state index contributed by atoms with van der Waals surface area (Å²) in [6.45, 7) is 17.3. The van der Waals surface area contributed by atoms with Crippen LogP contribution in [0.4, 0.5) is 45.4 Å². The number of piperidine rings is 2. The van der Waals surface area contributed by atoms with Gasteiger partial charge in [0, 0.05) is 142 Å². The summed E-state index contributed by atoms with van der Waals surface area (Å²) in [5.74, 6) is 1.02. The maximum Gasteiger partial charge on any atom is 0.413 e. The molecule has 34 heteroatoms. The van der Waals surface area contributed by atoms with Crippen molar-refractivity contribution in [1.29, 1.82) is 0 Å². The van der Waals surface area contributed by atoms with Crippen molar-refractivity contribution in [3.05, 3.63) is 152 Å². The Morgan fingerprint density at radius 2 is 0.991 bits per heavy atom. The average Bonchev–Trinajstić information content (AvgIpc) is 1.69. The van der Waals surface area contributed by atoms with E-state index in [0.29, 0.717) is 82.9 Å². The highest BCUT2D eigenvalue weighted by Crippen LogP contribution is 2.37. The number of ether oxygens (including phenoxy) is 5. The summed E-state index contributed by atoms with van der Waals surface area (Å²) in [5.41, 5.74) is 13.7. The Balaban J connectivity index is 0.000000149. The molecule has 113 heavy (non-hydrogen) atoms. The van der Waals surface area contributed by atoms with Gasteiger partial charge in [-0.15, -0.1) is 0 Å². The number of carbonyl (C=O) groups is 4. The normalized spacial score (nSPS) is 15.3. The van der Waals surface area contributed by atoms with E-state index in [1.54, 1.807) is 82.6 Å². The molecule has 2 atom stereocenters. The summed E-state index contributed by atoms with van der Waals surface area (Å²) < 4.78 is 64.6. The molecule has 31 nitrogen and oxygen atoms in total. The van der Waals surface area contributed by atoms with Crippen LogP contribution in [0.3, 0.4) is 0 Å². The molecule has 4 amide bonds. The molecular weight excluding hydrogens is 1460 g/mol. The van der Waals surface area contributed by atoms with Crippen molar-refractivity contribution in [3.63, 3.8) is 0 Å². The second-order valence-corrected chi connectivity index (χ2v) is 27.2. The van der Waals surface area contributed by atoms with Gasteiger partial charge in [0.1, 0.15) is 24.1 Å². The van der Waals surface area contributed by atoms with E-state index < -0.39 is 36.8 Å². The van der Waals surface area contributed by atoms with Gasteiger partial charge in [-0.25, -0.2) is 59.2 Å². The zero-order chi connectivity index (χ0) is 78.8. The highest BCUT2D eigenvalue weighted by molar-refractivity contribution is 6.00. The molecule has 3 fully saturated rings. The van der Waals surface area contributed by atoms with Crippen LogP contribution in [0.25, 0.3) is 100 Å². The predicted octanol–water partition coefficient (Wildman–Crippen LogP) is 13.2. The van der Waals surface area contributed by atoms with E-state index in [1.165, 1.54) is 4.90 Å². The van der Waals surface area contributed by atoms with Crippen LogP contribution < -0.4 is 30.7 Å². The average molecular weight is 1540 g/mol. The van der Waals surface area contributed by atoms with E-state index in [1.807, 2.05) is 84.9 Å². The van der Waals surface area contributed by atoms with Gasteiger partial charge in [-0.2, -0.15) is 13.2 Å². The lowest BCUT2D eigenvalue weighted by Gasteiger charge is -2.34. The molecule has 0 bridgehead atoms. The van der Waals surface area contributed by atoms with E-state index in [-0.39, 0.29) is 51.1 Å². The van der Waals surface area contributed by atoms with E-state index >= 15 is 0 Å². The summed E-state index contributed by atoms with van der Waals surface area (Å²) in [6.07, 6.45) is 12.2. The van der Waals surface area contributed by atoms with Crippen molar-refractivity contribution < 1.29 is 56.0 Å². The van der Waals surface area contributed by atoms with E-state index in [4.69, 9.17) is 23.7 Å². The number of nitrogens with one attached hydrogen (secondary N) is 7. The summed E-state index contributed by atoms with van der Waals surface area (Å²) in [4.78, 5) is 117. The number of piperazine rings is 1. The van der Waals surface area contributed by atoms with Crippen molar-refractivity contribution in [2.75, 3.05) is 94.7 Å². The molecule has 12 heterocycles. The van der Waals surface area contributed by atoms with E-state index in [9.17, 15) is 32.3 Å². The number of aromatic amines is 3. The highest BCUT2D eigenvalue weighted by Gasteiger charge is 2.35. The molecule has 3 saturated heterocycles. The van der Waals surface area contributed by atoms with Gasteiger partial charge in [0.2, 0.25) is 23.8 Å². The van der Waals surface area contributed by atoms with Crippen LogP contribution in [0.1, 0.15) is 72.4 Å². The molecule has 0 spiro atoms. The van der Waals surface area contributed by atoms with Crippen LogP contribution in [0, 0.1) is 5.92 Å². The number of hydrogen-bond donors (Lipinski definition) is 7. The van der Waals surface area contributed by atoms with Crippen LogP contribution in [-0.2, 0) is 25.5 Å². The lowest BCUT2D eigenvalue weighted by Crippen LogP contribution is -2.49. The molecule has 3 aliphatic heterocycles. The minimum Gasteiger partial charge on any atom is -0.459 e. The van der Waals surface area contributed by atoms with Gasteiger partial charge in [-0.3, -0.25) is 45.5 Å². The number of likely N-dealkylation sites (tertiary alicyclic amines) is 1. The lowest BCUT2D eigenvalue weighted by atomic mass is 10.0. The number of imidazole rings is 3. The number of benzene rings is 3. The third-order valence-corrected chi connectivity index (χ3v) is 18.4. The number of fused-ring (bicyclic) bond motifs is 3. The number of alkyl halides is 3. The second-order valence-electron chi connectivity index (χ2n) is 27.2. The Bertz CT molecular complexity index is 5190. The van der Waals surface area contributed by atoms with Crippen LogP contribution in [0.15, 0.2) is 147 Å². The standard InChI is InChI=1S/C28H33N7O3.C27H27F3N8O3.C24H25N7O3/c1-4-37-28(36)34-26-32-24-13-19(12-22(25(24)33-26)23-9-5-6-10-29-23)20-14-30-27(31-15-20)38-21-8-7-11-35(17-21)16-18(2)3;1-2-41-26(40)36-25-34-21-13-18(12-20(23(21)35-25)24-31-6-3-7-32-24)17-4-5-19(33-15-17)16-37-8-10-38(11-9-37)22(39)14-27(28,29)30;1-2-33-24(32)31-22-29-20-11-15(10-18(21(20)30-22)19-7-3-4-9-26-19)16-12-27-23(28-13-16)34-17-6-5-8-25-14-17/h5-6,9-10,12-15,18,21H,4,7-8,11,16-17H2,1-3H3,(H2,32,33,34,36);3-7,12-13,15H,2,8-11,14,16H2,1H3,(H2,34,35,36,40);3-4,7,9-13,17,25H,2,5-6,8,14H2,1H3,(H2,29,30,31,32). The maximum absolute atomic E-state index is 12.5. The molecule has 2 unspecified atom stereocenters. The fraction of sp³-hybridized carbons (Fsp3) is 0.342. The molecule has 0 aliphatic carbocycles. The summed E-state index contributed by atoms with van der Waals surface area (Å²) in [7, 11) is 0. The van der Waals surface area contributed by atoms with Crippen molar-refractivity contribution in [1.82, 2.24) is 94.8 Å². The number of hydrogen-bond acceptors (Lipinski definition) is 24. The molecule has 3 aromatic carbocycles. The number of amides is 4. The topological polar surface area (TPSA) is 374 Å². The Morgan fingerprint density at radius 1 is 0.513 bits per heavy atom. The number of anilines is 3. The summed E-state index contributed by atoms with van der Waals surface area (Å²) in [6, 6.07) is 29.4. The number of aromatic nitrogens is 15. The van der Waals surface area contributed by atoms with Crippen LogP contribution in [0.5, 0.6) is 12.0 Å². The minimum atomic E-state index is -4.50. The third kappa shape index (κ3) is 21.1. The van der Waals surface area contributed by atoms with Gasteiger partial charge in [-0.05, 0) is 155 Å². The molecule has 0 radical (unpaired) electrons. The number of carbonyl (C=O) groups excluding carboxylic acids is 4. The highest BCUT2D eigenvalue weighted by atomic mass is 19.4. The van der Waals surface area contributed by atoms with E-state index in [2.05, 4.69) is 120 Å². The van der Waals surface area contributed by atoms with Gasteiger partial charge in [0.25, 0.3) is 0 Å². The van der Waals surface area contributed by atoms with E-state index in [0.717, 1.165) is 131 Å². The van der Waals surface area contributed by atoms with Gasteiger partial charge >= 0.3 is 36.5 Å². The summed E-state index contributed by atoms with van der Waals surface area (Å²) in [5, 5.41) is 11.2. The monoisotopic (exact) mass is 1540 g/mol. The first kappa shape index (κ1) is 78.4.